The fraction of sp³-hybridized carbons (Fsp3) is 0.429. The SMILES string of the molecule is OC[C@H]1CCCC2(CCCC2)[C@]12C[C@H](NCc1ccc(CCc3c(O)c(O)c4c(O)cccc4c3C=Cc3ccc(O)c(O)c3)cc1)CCO2. The summed E-state index contributed by atoms with van der Waals surface area (Å²) >= 11 is 0. The summed E-state index contributed by atoms with van der Waals surface area (Å²) in [6.45, 7) is 1.69. The molecule has 0 bridgehead atoms. The van der Waals surface area contributed by atoms with Gasteiger partial charge in [0.2, 0.25) is 0 Å². The molecule has 0 aromatic heterocycles. The van der Waals surface area contributed by atoms with Crippen molar-refractivity contribution in [2.45, 2.75) is 88.8 Å². The Balaban J connectivity index is 1.06. The number of phenolic OH excluding ortho intramolecular Hbond substituents is 5. The van der Waals surface area contributed by atoms with Crippen LogP contribution in [0.3, 0.4) is 0 Å². The molecule has 7 N–H and O–H groups in total. The molecule has 2 spiro atoms. The van der Waals surface area contributed by atoms with E-state index in [1.165, 1.54) is 62.3 Å². The molecule has 0 unspecified atom stereocenters. The highest BCUT2D eigenvalue weighted by Gasteiger charge is 2.60. The van der Waals surface area contributed by atoms with Crippen molar-refractivity contribution in [3.63, 3.8) is 0 Å². The average Bonchev–Trinajstić information content (AvgIpc) is 3.61. The number of nitrogens with one attached hydrogen (secondary N) is 1. The zero-order chi connectivity index (χ0) is 34.9. The van der Waals surface area contributed by atoms with Gasteiger partial charge in [0.25, 0.3) is 0 Å². The highest BCUT2D eigenvalue weighted by atomic mass is 16.5. The third-order valence-corrected chi connectivity index (χ3v) is 12.0. The van der Waals surface area contributed by atoms with Crippen LogP contribution in [0.25, 0.3) is 22.9 Å². The monoisotopic (exact) mass is 679 g/mol. The molecule has 8 heteroatoms. The van der Waals surface area contributed by atoms with Crippen LogP contribution in [0.1, 0.15) is 85.6 Å². The fourth-order valence-electron chi connectivity index (χ4n) is 9.45. The first-order valence-electron chi connectivity index (χ1n) is 18.2. The van der Waals surface area contributed by atoms with Crippen LogP contribution in [-0.4, -0.2) is 55.5 Å². The average molecular weight is 680 g/mol. The van der Waals surface area contributed by atoms with Gasteiger partial charge in [-0.25, -0.2) is 0 Å². The van der Waals surface area contributed by atoms with Crippen LogP contribution in [0, 0.1) is 11.3 Å². The lowest BCUT2D eigenvalue weighted by atomic mass is 9.55. The quantitative estimate of drug-likeness (QED) is 0.0706. The van der Waals surface area contributed by atoms with E-state index in [-0.39, 0.29) is 57.7 Å². The zero-order valence-electron chi connectivity index (χ0n) is 28.6. The molecule has 1 heterocycles. The van der Waals surface area contributed by atoms with E-state index >= 15 is 0 Å². The maximum absolute atomic E-state index is 11.2. The van der Waals surface area contributed by atoms with E-state index in [0.29, 0.717) is 41.0 Å². The molecule has 3 fully saturated rings. The molecule has 0 radical (unpaired) electrons. The minimum Gasteiger partial charge on any atom is -0.507 e. The summed E-state index contributed by atoms with van der Waals surface area (Å²) in [7, 11) is 0. The highest BCUT2D eigenvalue weighted by molar-refractivity contribution is 6.03. The smallest absolute Gasteiger partial charge is 0.169 e. The van der Waals surface area contributed by atoms with Gasteiger partial charge in [0, 0.05) is 37.3 Å². The van der Waals surface area contributed by atoms with E-state index in [9.17, 15) is 30.6 Å². The fourth-order valence-corrected chi connectivity index (χ4v) is 9.45. The Labute approximate surface area is 293 Å². The normalized spacial score (nSPS) is 23.4. The standard InChI is InChI=1S/C42H49NO7/c44-26-30-5-4-21-41(19-1-2-20-41)42(30)24-31(18-22-50-42)43-25-29-10-8-27(9-11-29)12-16-34-32(15-13-28-14-17-35(45)37(47)23-28)33-6-3-7-36(46)38(33)40(49)39(34)48/h3,6-11,13-15,17,23,30-31,43-49H,1-2,4-5,12,16,18-22,24-26H2/t30-,31-,42+/m1/s1. The predicted octanol–water partition coefficient (Wildman–Crippen LogP) is 7.68. The summed E-state index contributed by atoms with van der Waals surface area (Å²) in [5.41, 5.74) is 4.09. The van der Waals surface area contributed by atoms with E-state index in [4.69, 9.17) is 4.74 Å². The molecule has 4 aromatic rings. The van der Waals surface area contributed by atoms with Gasteiger partial charge in [-0.2, -0.15) is 0 Å². The molecule has 2 saturated carbocycles. The Morgan fingerprint density at radius 1 is 0.760 bits per heavy atom. The second-order valence-electron chi connectivity index (χ2n) is 14.8. The molecule has 8 nitrogen and oxygen atoms in total. The number of aromatic hydroxyl groups is 5. The molecule has 1 aliphatic heterocycles. The van der Waals surface area contributed by atoms with Crippen molar-refractivity contribution in [3.8, 4) is 28.7 Å². The predicted molar refractivity (Wildman–Crippen MR) is 195 cm³/mol. The zero-order valence-corrected chi connectivity index (χ0v) is 28.6. The summed E-state index contributed by atoms with van der Waals surface area (Å²) in [4.78, 5) is 0. The van der Waals surface area contributed by atoms with Crippen LogP contribution in [0.5, 0.6) is 28.7 Å². The molecule has 3 aliphatic rings. The van der Waals surface area contributed by atoms with Gasteiger partial charge in [0.15, 0.2) is 23.0 Å². The Hall–Kier alpha value is -4.24. The number of aryl methyl sites for hydroxylation is 1. The summed E-state index contributed by atoms with van der Waals surface area (Å²) in [5.74, 6) is -1.01. The number of rotatable bonds is 9. The first kappa shape index (κ1) is 34.2. The molecule has 264 valence electrons. The molecule has 3 atom stereocenters. The Morgan fingerprint density at radius 2 is 1.52 bits per heavy atom. The number of fused-ring (bicyclic) bond motifs is 2. The van der Waals surface area contributed by atoms with Crippen LogP contribution < -0.4 is 5.32 Å². The number of ether oxygens (including phenoxy) is 1. The minimum absolute atomic E-state index is 0.135. The van der Waals surface area contributed by atoms with Crippen LogP contribution >= 0.6 is 0 Å². The number of benzene rings is 4. The van der Waals surface area contributed by atoms with Gasteiger partial charge >= 0.3 is 0 Å². The topological polar surface area (TPSA) is 143 Å². The first-order chi connectivity index (χ1) is 24.2. The Morgan fingerprint density at radius 3 is 2.28 bits per heavy atom. The first-order valence-corrected chi connectivity index (χ1v) is 18.2. The van der Waals surface area contributed by atoms with E-state index in [0.717, 1.165) is 38.0 Å². The number of phenols is 5. The van der Waals surface area contributed by atoms with Crippen molar-refractivity contribution in [3.05, 3.63) is 88.5 Å². The van der Waals surface area contributed by atoms with Gasteiger partial charge in [-0.15, -0.1) is 0 Å². The molecule has 1 saturated heterocycles. The molecule has 2 aliphatic carbocycles. The van der Waals surface area contributed by atoms with Crippen molar-refractivity contribution in [1.82, 2.24) is 5.32 Å². The van der Waals surface area contributed by atoms with Crippen LogP contribution in [0.4, 0.5) is 0 Å². The lowest BCUT2D eigenvalue weighted by Gasteiger charge is -2.59. The lowest BCUT2D eigenvalue weighted by molar-refractivity contribution is -0.223. The van der Waals surface area contributed by atoms with E-state index in [1.54, 1.807) is 30.4 Å². The summed E-state index contributed by atoms with van der Waals surface area (Å²) in [5, 5.41) is 67.4. The highest BCUT2D eigenvalue weighted by Crippen LogP contribution is 2.61. The van der Waals surface area contributed by atoms with Crippen molar-refractivity contribution in [2.75, 3.05) is 13.2 Å². The largest absolute Gasteiger partial charge is 0.507 e. The van der Waals surface area contributed by atoms with Gasteiger partial charge < -0.3 is 40.7 Å². The molecule has 4 aromatic carbocycles. The lowest BCUT2D eigenvalue weighted by Crippen LogP contribution is -2.62. The Bertz CT molecular complexity index is 1860. The van der Waals surface area contributed by atoms with Gasteiger partial charge in [0.1, 0.15) is 5.75 Å². The van der Waals surface area contributed by atoms with Gasteiger partial charge in [-0.3, -0.25) is 0 Å². The Kier molecular flexibility index (Phi) is 9.70. The summed E-state index contributed by atoms with van der Waals surface area (Å²) < 4.78 is 6.74. The minimum atomic E-state index is -0.360. The van der Waals surface area contributed by atoms with E-state index < -0.39 is 0 Å². The molecular formula is C42H49NO7. The third-order valence-electron chi connectivity index (χ3n) is 12.0. The number of aliphatic hydroxyl groups is 1. The summed E-state index contributed by atoms with van der Waals surface area (Å²) in [6, 6.07) is 18.3. The maximum atomic E-state index is 11.2. The summed E-state index contributed by atoms with van der Waals surface area (Å²) in [6.07, 6.45) is 14.9. The molecule has 50 heavy (non-hydrogen) atoms. The third kappa shape index (κ3) is 6.29. The van der Waals surface area contributed by atoms with Crippen molar-refractivity contribution >= 4 is 22.9 Å². The van der Waals surface area contributed by atoms with Gasteiger partial charge in [0.05, 0.1) is 11.0 Å². The van der Waals surface area contributed by atoms with Gasteiger partial charge in [-0.05, 0) is 103 Å². The number of aliphatic hydroxyl groups excluding tert-OH is 1. The number of hydrogen-bond donors (Lipinski definition) is 7. The second-order valence-corrected chi connectivity index (χ2v) is 14.8. The van der Waals surface area contributed by atoms with Crippen LogP contribution in [-0.2, 0) is 24.1 Å². The van der Waals surface area contributed by atoms with Crippen molar-refractivity contribution < 1.29 is 35.4 Å². The van der Waals surface area contributed by atoms with Crippen molar-refractivity contribution in [1.29, 1.82) is 0 Å². The van der Waals surface area contributed by atoms with Gasteiger partial charge in [-0.1, -0.05) is 73.9 Å². The van der Waals surface area contributed by atoms with Crippen LogP contribution in [0.15, 0.2) is 60.7 Å². The van der Waals surface area contributed by atoms with Crippen LogP contribution in [0.2, 0.25) is 0 Å². The second kappa shape index (κ2) is 14.2. The maximum Gasteiger partial charge on any atom is 0.169 e. The number of hydrogen-bond acceptors (Lipinski definition) is 8. The molecular weight excluding hydrogens is 630 g/mol. The van der Waals surface area contributed by atoms with E-state index in [1.807, 2.05) is 0 Å². The molecule has 7 rings (SSSR count). The molecule has 0 amide bonds. The van der Waals surface area contributed by atoms with E-state index in [2.05, 4.69) is 29.6 Å². The van der Waals surface area contributed by atoms with Crippen molar-refractivity contribution in [2.24, 2.45) is 11.3 Å².